The van der Waals surface area contributed by atoms with E-state index in [1.165, 1.54) is 24.3 Å². The number of aliphatic hydroxyl groups is 1. The third kappa shape index (κ3) is 2.55. The van der Waals surface area contributed by atoms with Crippen LogP contribution in [0, 0.1) is 5.82 Å². The van der Waals surface area contributed by atoms with E-state index in [0.29, 0.717) is 17.2 Å². The second-order valence-corrected chi connectivity index (χ2v) is 3.20. The predicted molar refractivity (Wildman–Crippen MR) is 56.6 cm³/mol. The minimum absolute atomic E-state index is 0.138. The molecule has 16 heavy (non-hydrogen) atoms. The number of halogens is 1. The van der Waals surface area contributed by atoms with Gasteiger partial charge in [-0.3, -0.25) is 4.98 Å². The Balaban J connectivity index is 2.16. The first-order chi connectivity index (χ1) is 7.78. The summed E-state index contributed by atoms with van der Waals surface area (Å²) in [6.45, 7) is -0.138. The van der Waals surface area contributed by atoms with E-state index in [-0.39, 0.29) is 12.4 Å². The Kier molecular flexibility index (Phi) is 3.12. The summed E-state index contributed by atoms with van der Waals surface area (Å²) in [5.74, 6) is 0.792. The average Bonchev–Trinajstić information content (AvgIpc) is 2.32. The summed E-state index contributed by atoms with van der Waals surface area (Å²) in [7, 11) is 0. The van der Waals surface area contributed by atoms with Gasteiger partial charge in [0.05, 0.1) is 12.3 Å². The van der Waals surface area contributed by atoms with Crippen molar-refractivity contribution in [3.8, 4) is 11.5 Å². The SMILES string of the molecule is OCc1cc(Oc2ccc(F)cc2)ccn1. The summed E-state index contributed by atoms with van der Waals surface area (Å²) in [4.78, 5) is 3.92. The maximum Gasteiger partial charge on any atom is 0.130 e. The highest BCUT2D eigenvalue weighted by Crippen LogP contribution is 2.21. The van der Waals surface area contributed by atoms with E-state index in [0.717, 1.165) is 0 Å². The highest BCUT2D eigenvalue weighted by molar-refractivity contribution is 5.31. The number of rotatable bonds is 3. The molecule has 2 rings (SSSR count). The Morgan fingerprint density at radius 2 is 1.88 bits per heavy atom. The van der Waals surface area contributed by atoms with E-state index in [2.05, 4.69) is 4.98 Å². The molecule has 0 fully saturated rings. The molecule has 0 atom stereocenters. The van der Waals surface area contributed by atoms with Gasteiger partial charge in [-0.1, -0.05) is 0 Å². The lowest BCUT2D eigenvalue weighted by Crippen LogP contribution is -1.90. The van der Waals surface area contributed by atoms with E-state index in [4.69, 9.17) is 9.84 Å². The van der Waals surface area contributed by atoms with Gasteiger partial charge in [0.2, 0.25) is 0 Å². The van der Waals surface area contributed by atoms with Crippen LogP contribution in [-0.4, -0.2) is 10.1 Å². The highest BCUT2D eigenvalue weighted by atomic mass is 19.1. The molecule has 0 saturated heterocycles. The third-order valence-electron chi connectivity index (χ3n) is 2.00. The highest BCUT2D eigenvalue weighted by Gasteiger charge is 1.99. The lowest BCUT2D eigenvalue weighted by molar-refractivity contribution is 0.276. The van der Waals surface area contributed by atoms with Crippen molar-refractivity contribution in [1.82, 2.24) is 4.98 Å². The number of aliphatic hydroxyl groups excluding tert-OH is 1. The summed E-state index contributed by atoms with van der Waals surface area (Å²) < 4.78 is 18.1. The van der Waals surface area contributed by atoms with Gasteiger partial charge in [-0.15, -0.1) is 0 Å². The van der Waals surface area contributed by atoms with Crippen LogP contribution < -0.4 is 4.74 Å². The van der Waals surface area contributed by atoms with Crippen molar-refractivity contribution < 1.29 is 14.2 Å². The largest absolute Gasteiger partial charge is 0.457 e. The molecule has 0 aliphatic heterocycles. The van der Waals surface area contributed by atoms with Gasteiger partial charge in [-0.2, -0.15) is 0 Å². The fraction of sp³-hybridized carbons (Fsp3) is 0.0833. The maximum atomic E-state index is 12.6. The average molecular weight is 219 g/mol. The van der Waals surface area contributed by atoms with Crippen LogP contribution in [0.4, 0.5) is 4.39 Å². The standard InChI is InChI=1S/C12H10FNO2/c13-9-1-3-11(4-2-9)16-12-5-6-14-10(7-12)8-15/h1-7,15H,8H2. The number of nitrogens with zero attached hydrogens (tertiary/aromatic N) is 1. The normalized spacial score (nSPS) is 10.1. The number of hydrogen-bond donors (Lipinski definition) is 1. The van der Waals surface area contributed by atoms with Crippen molar-refractivity contribution in [3.05, 3.63) is 54.1 Å². The molecule has 0 radical (unpaired) electrons. The fourth-order valence-corrected chi connectivity index (χ4v) is 1.24. The Bertz CT molecular complexity index is 471. The topological polar surface area (TPSA) is 42.4 Å². The first-order valence-electron chi connectivity index (χ1n) is 4.77. The minimum atomic E-state index is -0.307. The summed E-state index contributed by atoms with van der Waals surface area (Å²) >= 11 is 0. The molecule has 1 aromatic carbocycles. The van der Waals surface area contributed by atoms with Crippen molar-refractivity contribution in [1.29, 1.82) is 0 Å². The van der Waals surface area contributed by atoms with Crippen molar-refractivity contribution in [3.63, 3.8) is 0 Å². The first kappa shape index (κ1) is 10.6. The van der Waals surface area contributed by atoms with E-state index < -0.39 is 0 Å². The molecule has 4 heteroatoms. The molecule has 0 bridgehead atoms. The minimum Gasteiger partial charge on any atom is -0.457 e. The van der Waals surface area contributed by atoms with Crippen LogP contribution in [0.5, 0.6) is 11.5 Å². The van der Waals surface area contributed by atoms with Gasteiger partial charge in [0, 0.05) is 12.3 Å². The number of ether oxygens (including phenoxy) is 1. The third-order valence-corrected chi connectivity index (χ3v) is 2.00. The molecule has 0 spiro atoms. The van der Waals surface area contributed by atoms with Gasteiger partial charge in [-0.05, 0) is 30.3 Å². The Hall–Kier alpha value is -1.94. The Morgan fingerprint density at radius 1 is 1.12 bits per heavy atom. The maximum absolute atomic E-state index is 12.6. The fourth-order valence-electron chi connectivity index (χ4n) is 1.24. The monoisotopic (exact) mass is 219 g/mol. The van der Waals surface area contributed by atoms with Gasteiger partial charge in [-0.25, -0.2) is 4.39 Å². The molecule has 82 valence electrons. The summed E-state index contributed by atoms with van der Waals surface area (Å²) in [5.41, 5.74) is 0.527. The molecule has 1 heterocycles. The number of aromatic nitrogens is 1. The van der Waals surface area contributed by atoms with Gasteiger partial charge >= 0.3 is 0 Å². The lowest BCUT2D eigenvalue weighted by atomic mass is 10.3. The molecule has 0 amide bonds. The second-order valence-electron chi connectivity index (χ2n) is 3.20. The van der Waals surface area contributed by atoms with Gasteiger partial charge in [0.1, 0.15) is 17.3 Å². The molecular formula is C12H10FNO2. The molecule has 0 aliphatic rings. The van der Waals surface area contributed by atoms with Gasteiger partial charge in [0.15, 0.2) is 0 Å². The molecule has 0 aliphatic carbocycles. The summed E-state index contributed by atoms with van der Waals surface area (Å²) in [6, 6.07) is 9.02. The zero-order valence-electron chi connectivity index (χ0n) is 8.43. The van der Waals surface area contributed by atoms with Crippen LogP contribution in [-0.2, 0) is 6.61 Å². The van der Waals surface area contributed by atoms with Crippen LogP contribution in [0.25, 0.3) is 0 Å². The Morgan fingerprint density at radius 3 is 2.56 bits per heavy atom. The number of benzene rings is 1. The molecule has 2 aromatic rings. The van der Waals surface area contributed by atoms with E-state index >= 15 is 0 Å². The predicted octanol–water partition coefficient (Wildman–Crippen LogP) is 2.51. The molecule has 0 saturated carbocycles. The zero-order valence-corrected chi connectivity index (χ0v) is 8.43. The molecule has 0 unspecified atom stereocenters. The lowest BCUT2D eigenvalue weighted by Gasteiger charge is -2.05. The van der Waals surface area contributed by atoms with Crippen LogP contribution in [0.1, 0.15) is 5.69 Å². The molecular weight excluding hydrogens is 209 g/mol. The summed E-state index contributed by atoms with van der Waals surface area (Å²) in [5, 5.41) is 8.90. The van der Waals surface area contributed by atoms with Gasteiger partial charge in [0.25, 0.3) is 0 Å². The van der Waals surface area contributed by atoms with Crippen LogP contribution in [0.15, 0.2) is 42.6 Å². The van der Waals surface area contributed by atoms with Crippen molar-refractivity contribution >= 4 is 0 Å². The number of hydrogen-bond acceptors (Lipinski definition) is 3. The molecule has 1 aromatic heterocycles. The zero-order chi connectivity index (χ0) is 11.4. The van der Waals surface area contributed by atoms with E-state index in [1.54, 1.807) is 18.3 Å². The van der Waals surface area contributed by atoms with Crippen LogP contribution >= 0.6 is 0 Å². The van der Waals surface area contributed by atoms with E-state index in [1.807, 2.05) is 0 Å². The molecule has 3 nitrogen and oxygen atoms in total. The van der Waals surface area contributed by atoms with Crippen molar-refractivity contribution in [2.24, 2.45) is 0 Å². The van der Waals surface area contributed by atoms with Crippen LogP contribution in [0.3, 0.4) is 0 Å². The van der Waals surface area contributed by atoms with Crippen molar-refractivity contribution in [2.75, 3.05) is 0 Å². The second kappa shape index (κ2) is 4.72. The molecule has 1 N–H and O–H groups in total. The van der Waals surface area contributed by atoms with E-state index in [9.17, 15) is 4.39 Å². The van der Waals surface area contributed by atoms with Gasteiger partial charge < -0.3 is 9.84 Å². The number of pyridine rings is 1. The smallest absolute Gasteiger partial charge is 0.130 e. The van der Waals surface area contributed by atoms with Crippen molar-refractivity contribution in [2.45, 2.75) is 6.61 Å². The quantitative estimate of drug-likeness (QED) is 0.862. The Labute approximate surface area is 92.1 Å². The first-order valence-corrected chi connectivity index (χ1v) is 4.77. The van der Waals surface area contributed by atoms with Crippen LogP contribution in [0.2, 0.25) is 0 Å². The summed E-state index contributed by atoms with van der Waals surface area (Å²) in [6.07, 6.45) is 1.55.